The molecule has 1 unspecified atom stereocenters. The molecule has 0 bridgehead atoms. The van der Waals surface area contributed by atoms with E-state index in [0.29, 0.717) is 17.2 Å². The highest BCUT2D eigenvalue weighted by atomic mass is 19.4. The van der Waals surface area contributed by atoms with Crippen LogP contribution in [-0.4, -0.2) is 45.0 Å². The summed E-state index contributed by atoms with van der Waals surface area (Å²) in [4.78, 5) is 11.8. The summed E-state index contributed by atoms with van der Waals surface area (Å²) in [6.07, 6.45) is -5.72. The topological polar surface area (TPSA) is 81.9 Å². The highest BCUT2D eigenvalue weighted by molar-refractivity contribution is 5.94. The van der Waals surface area contributed by atoms with Crippen LogP contribution in [0, 0.1) is 6.92 Å². The predicted octanol–water partition coefficient (Wildman–Crippen LogP) is 1.88. The first-order chi connectivity index (χ1) is 10.8. The number of nitrogens with one attached hydrogen (secondary N) is 1. The molecule has 0 saturated carbocycles. The number of carbonyl (C=O) groups is 1. The largest absolute Gasteiger partial charge is 0.411 e. The molecule has 1 aromatic heterocycles. The van der Waals surface area contributed by atoms with Crippen LogP contribution < -0.4 is 5.32 Å². The van der Waals surface area contributed by atoms with Gasteiger partial charge in [-0.2, -0.15) is 17.9 Å². The molecule has 0 aliphatic rings. The maximum atomic E-state index is 12.1. The summed E-state index contributed by atoms with van der Waals surface area (Å²) >= 11 is 0. The zero-order chi connectivity index (χ0) is 17.0. The van der Waals surface area contributed by atoms with Crippen LogP contribution in [0.15, 0.2) is 24.3 Å². The van der Waals surface area contributed by atoms with E-state index in [9.17, 15) is 18.0 Å². The third-order valence-corrected chi connectivity index (χ3v) is 2.85. The van der Waals surface area contributed by atoms with Crippen molar-refractivity contribution in [2.45, 2.75) is 26.1 Å². The van der Waals surface area contributed by atoms with E-state index in [1.807, 2.05) is 0 Å². The van der Waals surface area contributed by atoms with Crippen LogP contribution in [0.3, 0.4) is 0 Å². The van der Waals surface area contributed by atoms with Crippen molar-refractivity contribution < 1.29 is 22.7 Å². The van der Waals surface area contributed by atoms with Gasteiger partial charge in [-0.05, 0) is 42.5 Å². The van der Waals surface area contributed by atoms with Crippen molar-refractivity contribution in [3.05, 3.63) is 30.1 Å². The van der Waals surface area contributed by atoms with Crippen molar-refractivity contribution in [3.8, 4) is 5.69 Å². The first kappa shape index (κ1) is 16.9. The van der Waals surface area contributed by atoms with Crippen molar-refractivity contribution >= 4 is 11.6 Å². The minimum atomic E-state index is -4.48. The number of nitrogens with zero attached hydrogens (tertiary/aromatic N) is 4. The zero-order valence-electron chi connectivity index (χ0n) is 12.3. The smallest absolute Gasteiger partial charge is 0.359 e. The highest BCUT2D eigenvalue weighted by Gasteiger charge is 2.29. The number of anilines is 1. The van der Waals surface area contributed by atoms with Gasteiger partial charge in [0.05, 0.1) is 5.69 Å². The molecule has 2 rings (SSSR count). The summed E-state index contributed by atoms with van der Waals surface area (Å²) in [7, 11) is 0. The summed E-state index contributed by atoms with van der Waals surface area (Å²) in [6.45, 7) is 1.47. The molecule has 23 heavy (non-hydrogen) atoms. The molecule has 0 fully saturated rings. The number of hydrogen-bond donors (Lipinski definition) is 1. The molecule has 0 spiro atoms. The zero-order valence-corrected chi connectivity index (χ0v) is 12.3. The molecule has 1 aromatic carbocycles. The average molecular weight is 329 g/mol. The van der Waals surface area contributed by atoms with Crippen molar-refractivity contribution in [2.24, 2.45) is 0 Å². The molecular weight excluding hydrogens is 315 g/mol. The molecule has 2 aromatic rings. The molecule has 1 amide bonds. The van der Waals surface area contributed by atoms with Gasteiger partial charge in [0.15, 0.2) is 5.82 Å². The van der Waals surface area contributed by atoms with E-state index < -0.39 is 24.8 Å². The lowest BCUT2D eigenvalue weighted by Gasteiger charge is -2.15. The van der Waals surface area contributed by atoms with Crippen LogP contribution >= 0.6 is 0 Å². The van der Waals surface area contributed by atoms with E-state index >= 15 is 0 Å². The summed E-state index contributed by atoms with van der Waals surface area (Å²) in [5.74, 6) is -0.129. The molecule has 1 N–H and O–H groups in total. The Balaban J connectivity index is 2.03. The van der Waals surface area contributed by atoms with Crippen LogP contribution in [0.1, 0.15) is 12.7 Å². The third kappa shape index (κ3) is 4.74. The lowest BCUT2D eigenvalue weighted by Crippen LogP contribution is -2.31. The van der Waals surface area contributed by atoms with Crippen molar-refractivity contribution in [3.63, 3.8) is 0 Å². The summed E-state index contributed by atoms with van der Waals surface area (Å²) in [6, 6.07) is 6.57. The van der Waals surface area contributed by atoms with Crippen molar-refractivity contribution in [1.82, 2.24) is 20.2 Å². The molecule has 0 aliphatic carbocycles. The number of aryl methyl sites for hydroxylation is 1. The molecule has 1 heterocycles. The molecule has 10 heteroatoms. The molecule has 124 valence electrons. The van der Waals surface area contributed by atoms with Crippen LogP contribution in [-0.2, 0) is 9.53 Å². The van der Waals surface area contributed by atoms with Gasteiger partial charge in [-0.15, -0.1) is 5.10 Å². The molecule has 0 aliphatic heterocycles. The number of amides is 1. The van der Waals surface area contributed by atoms with E-state index in [-0.39, 0.29) is 0 Å². The van der Waals surface area contributed by atoms with Crippen molar-refractivity contribution in [2.75, 3.05) is 11.9 Å². The molecule has 1 atom stereocenters. The Hall–Kier alpha value is -2.49. The number of ether oxygens (including phenoxy) is 1. The standard InChI is InChI=1S/C13H14F3N5O2/c1-8(23-7-13(14,15)16)12(22)17-10-4-3-5-11(6-10)21-9(2)18-19-20-21/h3-6,8H,7H2,1-2H3,(H,17,22). The number of halogens is 3. The second-order valence-electron chi connectivity index (χ2n) is 4.75. The second kappa shape index (κ2) is 6.73. The lowest BCUT2D eigenvalue weighted by molar-refractivity contribution is -0.184. The Morgan fingerprint density at radius 3 is 2.78 bits per heavy atom. The number of alkyl halides is 3. The maximum absolute atomic E-state index is 12.1. The quantitative estimate of drug-likeness (QED) is 0.906. The highest BCUT2D eigenvalue weighted by Crippen LogP contribution is 2.17. The minimum absolute atomic E-state index is 0.393. The fourth-order valence-corrected chi connectivity index (χ4v) is 1.72. The molecule has 0 saturated heterocycles. The summed E-state index contributed by atoms with van der Waals surface area (Å²) in [5, 5.41) is 13.5. The van der Waals surface area contributed by atoms with E-state index in [4.69, 9.17) is 0 Å². The van der Waals surface area contributed by atoms with Gasteiger partial charge in [-0.1, -0.05) is 6.07 Å². The van der Waals surface area contributed by atoms with Crippen LogP contribution in [0.25, 0.3) is 5.69 Å². The number of rotatable bonds is 5. The van der Waals surface area contributed by atoms with Gasteiger partial charge < -0.3 is 10.1 Å². The van der Waals surface area contributed by atoms with Gasteiger partial charge in [0.25, 0.3) is 5.91 Å². The van der Waals surface area contributed by atoms with Gasteiger partial charge in [0, 0.05) is 5.69 Å². The predicted molar refractivity (Wildman–Crippen MR) is 74.0 cm³/mol. The first-order valence-corrected chi connectivity index (χ1v) is 6.61. The van der Waals surface area contributed by atoms with Crippen LogP contribution in [0.4, 0.5) is 18.9 Å². The van der Waals surface area contributed by atoms with Gasteiger partial charge >= 0.3 is 6.18 Å². The van der Waals surface area contributed by atoms with E-state index in [1.165, 1.54) is 11.6 Å². The number of aromatic nitrogens is 4. The first-order valence-electron chi connectivity index (χ1n) is 6.61. The number of tetrazole rings is 1. The number of carbonyl (C=O) groups excluding carboxylic acids is 1. The Labute approximate surface area is 129 Å². The molecule has 7 nitrogen and oxygen atoms in total. The number of benzene rings is 1. The maximum Gasteiger partial charge on any atom is 0.411 e. The molecular formula is C13H14F3N5O2. The monoisotopic (exact) mass is 329 g/mol. The summed E-state index contributed by atoms with van der Waals surface area (Å²) < 4.78 is 42.2. The Morgan fingerprint density at radius 1 is 1.43 bits per heavy atom. The lowest BCUT2D eigenvalue weighted by atomic mass is 10.2. The number of hydrogen-bond acceptors (Lipinski definition) is 5. The van der Waals surface area contributed by atoms with Gasteiger partial charge in [-0.25, -0.2) is 0 Å². The van der Waals surface area contributed by atoms with Gasteiger partial charge in [0.2, 0.25) is 0 Å². The minimum Gasteiger partial charge on any atom is -0.359 e. The molecule has 0 radical (unpaired) electrons. The van der Waals surface area contributed by atoms with Crippen LogP contribution in [0.2, 0.25) is 0 Å². The SMILES string of the molecule is Cc1nnnn1-c1cccc(NC(=O)C(C)OCC(F)(F)F)c1. The summed E-state index contributed by atoms with van der Waals surface area (Å²) in [5.41, 5.74) is 0.999. The Morgan fingerprint density at radius 2 is 2.17 bits per heavy atom. The Kier molecular flexibility index (Phi) is 4.94. The third-order valence-electron chi connectivity index (χ3n) is 2.85. The van der Waals surface area contributed by atoms with E-state index in [1.54, 1.807) is 31.2 Å². The van der Waals surface area contributed by atoms with Crippen LogP contribution in [0.5, 0.6) is 0 Å². The van der Waals surface area contributed by atoms with E-state index in [0.717, 1.165) is 0 Å². The fourth-order valence-electron chi connectivity index (χ4n) is 1.72. The Bertz CT molecular complexity index is 686. The van der Waals surface area contributed by atoms with Gasteiger partial charge in [-0.3, -0.25) is 4.79 Å². The normalized spacial score (nSPS) is 12.9. The van der Waals surface area contributed by atoms with Gasteiger partial charge in [0.1, 0.15) is 12.7 Å². The van der Waals surface area contributed by atoms with E-state index in [2.05, 4.69) is 25.6 Å². The average Bonchev–Trinajstić information content (AvgIpc) is 2.90. The van der Waals surface area contributed by atoms with Crippen molar-refractivity contribution in [1.29, 1.82) is 0 Å². The second-order valence-corrected chi connectivity index (χ2v) is 4.75. The fraction of sp³-hybridized carbons (Fsp3) is 0.385.